The molecule has 0 bridgehead atoms. The highest BCUT2D eigenvalue weighted by molar-refractivity contribution is 5.91. The van der Waals surface area contributed by atoms with Crippen LogP contribution < -0.4 is 5.73 Å². The number of hydrogen-bond acceptors (Lipinski definition) is 3. The largest absolute Gasteiger partial charge is 0.364 e. The average Bonchev–Trinajstić information content (AvgIpc) is 2.46. The average molecular weight is 182 g/mol. The van der Waals surface area contributed by atoms with E-state index in [1.807, 2.05) is 6.92 Å². The lowest BCUT2D eigenvalue weighted by molar-refractivity contribution is 0.0995. The zero-order valence-corrected chi connectivity index (χ0v) is 8.11. The Morgan fingerprint density at radius 3 is 2.69 bits per heavy atom. The van der Waals surface area contributed by atoms with Crippen LogP contribution in [0.1, 0.15) is 42.5 Å². The standard InChI is InChI=1S/C8H14N4O/c1-4-5(2)12-6(3)7(8(9)13)10-11-12/h5H,4H2,1-3H3,(H2,9,13). The van der Waals surface area contributed by atoms with Crippen molar-refractivity contribution in [3.63, 3.8) is 0 Å². The second-order valence-corrected chi connectivity index (χ2v) is 3.09. The molecule has 2 N–H and O–H groups in total. The molecule has 0 saturated carbocycles. The predicted molar refractivity (Wildman–Crippen MR) is 48.3 cm³/mol. The molecule has 72 valence electrons. The van der Waals surface area contributed by atoms with Crippen molar-refractivity contribution in [2.24, 2.45) is 5.73 Å². The Labute approximate surface area is 76.9 Å². The zero-order valence-electron chi connectivity index (χ0n) is 8.11. The molecule has 13 heavy (non-hydrogen) atoms. The quantitative estimate of drug-likeness (QED) is 0.746. The Bertz CT molecular complexity index is 318. The Hall–Kier alpha value is -1.39. The van der Waals surface area contributed by atoms with E-state index >= 15 is 0 Å². The van der Waals surface area contributed by atoms with Gasteiger partial charge in [-0.05, 0) is 20.3 Å². The van der Waals surface area contributed by atoms with E-state index in [1.165, 1.54) is 0 Å². The molecular weight excluding hydrogens is 168 g/mol. The maximum atomic E-state index is 10.9. The molecule has 0 aliphatic rings. The number of nitrogens with two attached hydrogens (primary N) is 1. The third kappa shape index (κ3) is 1.68. The summed E-state index contributed by atoms with van der Waals surface area (Å²) in [5.41, 5.74) is 6.12. The summed E-state index contributed by atoms with van der Waals surface area (Å²) < 4.78 is 1.72. The fourth-order valence-corrected chi connectivity index (χ4v) is 1.16. The van der Waals surface area contributed by atoms with Crippen molar-refractivity contribution >= 4 is 5.91 Å². The van der Waals surface area contributed by atoms with Gasteiger partial charge in [-0.15, -0.1) is 5.10 Å². The SMILES string of the molecule is CCC(C)n1nnc(C(N)=O)c1C. The number of primary amides is 1. The van der Waals surface area contributed by atoms with Gasteiger partial charge in [0.2, 0.25) is 0 Å². The van der Waals surface area contributed by atoms with Gasteiger partial charge in [0.05, 0.1) is 11.7 Å². The van der Waals surface area contributed by atoms with Crippen molar-refractivity contribution in [3.8, 4) is 0 Å². The second-order valence-electron chi connectivity index (χ2n) is 3.09. The van der Waals surface area contributed by atoms with Gasteiger partial charge in [0, 0.05) is 0 Å². The molecule has 0 aliphatic heterocycles. The van der Waals surface area contributed by atoms with Gasteiger partial charge < -0.3 is 5.73 Å². The Kier molecular flexibility index (Phi) is 2.65. The fourth-order valence-electron chi connectivity index (χ4n) is 1.16. The Morgan fingerprint density at radius 2 is 2.31 bits per heavy atom. The van der Waals surface area contributed by atoms with Crippen molar-refractivity contribution in [1.29, 1.82) is 0 Å². The molecular formula is C8H14N4O. The van der Waals surface area contributed by atoms with Gasteiger partial charge >= 0.3 is 0 Å². The van der Waals surface area contributed by atoms with Crippen molar-refractivity contribution in [1.82, 2.24) is 15.0 Å². The van der Waals surface area contributed by atoms with Gasteiger partial charge in [-0.2, -0.15) is 0 Å². The first-order valence-corrected chi connectivity index (χ1v) is 4.29. The highest BCUT2D eigenvalue weighted by atomic mass is 16.1. The molecule has 1 atom stereocenters. The molecule has 1 rings (SSSR count). The summed E-state index contributed by atoms with van der Waals surface area (Å²) in [7, 11) is 0. The van der Waals surface area contributed by atoms with Crippen molar-refractivity contribution in [2.75, 3.05) is 0 Å². The van der Waals surface area contributed by atoms with Crippen molar-refractivity contribution < 1.29 is 4.79 Å². The highest BCUT2D eigenvalue weighted by Gasteiger charge is 2.15. The molecule has 1 aromatic rings. The summed E-state index contributed by atoms with van der Waals surface area (Å²) in [6, 6.07) is 0.251. The number of carbonyl (C=O) groups excluding carboxylic acids is 1. The van der Waals surface area contributed by atoms with E-state index in [-0.39, 0.29) is 11.7 Å². The van der Waals surface area contributed by atoms with Gasteiger partial charge in [-0.1, -0.05) is 12.1 Å². The van der Waals surface area contributed by atoms with E-state index < -0.39 is 5.91 Å². The predicted octanol–water partition coefficient (Wildman–Crippen LogP) is 0.656. The number of rotatable bonds is 3. The van der Waals surface area contributed by atoms with Gasteiger partial charge in [0.25, 0.3) is 5.91 Å². The van der Waals surface area contributed by atoms with Crippen LogP contribution >= 0.6 is 0 Å². The highest BCUT2D eigenvalue weighted by Crippen LogP contribution is 2.12. The molecule has 1 aromatic heterocycles. The fraction of sp³-hybridized carbons (Fsp3) is 0.625. The number of hydrogen-bond donors (Lipinski definition) is 1. The molecule has 1 heterocycles. The van der Waals surface area contributed by atoms with Crippen LogP contribution in [0.2, 0.25) is 0 Å². The number of nitrogens with zero attached hydrogens (tertiary/aromatic N) is 3. The summed E-state index contributed by atoms with van der Waals surface area (Å²) in [5.74, 6) is -0.521. The molecule has 0 aromatic carbocycles. The van der Waals surface area contributed by atoms with Gasteiger partial charge in [0.1, 0.15) is 0 Å². The van der Waals surface area contributed by atoms with Crippen LogP contribution in [0.25, 0.3) is 0 Å². The van der Waals surface area contributed by atoms with Crippen molar-refractivity contribution in [3.05, 3.63) is 11.4 Å². The first-order chi connectivity index (χ1) is 6.07. The monoisotopic (exact) mass is 182 g/mol. The van der Waals surface area contributed by atoms with Crippen LogP contribution in [0.4, 0.5) is 0 Å². The molecule has 5 nitrogen and oxygen atoms in total. The Balaban J connectivity index is 3.06. The van der Waals surface area contributed by atoms with Crippen LogP contribution in [0.3, 0.4) is 0 Å². The van der Waals surface area contributed by atoms with Gasteiger partial charge in [0.15, 0.2) is 5.69 Å². The topological polar surface area (TPSA) is 73.8 Å². The minimum absolute atomic E-state index is 0.251. The van der Waals surface area contributed by atoms with E-state index in [0.29, 0.717) is 0 Å². The maximum absolute atomic E-state index is 10.9. The number of carbonyl (C=O) groups is 1. The van der Waals surface area contributed by atoms with Crippen LogP contribution in [0, 0.1) is 6.92 Å². The molecule has 5 heteroatoms. The third-order valence-corrected chi connectivity index (χ3v) is 2.17. The molecule has 0 fully saturated rings. The zero-order chi connectivity index (χ0) is 10.0. The summed E-state index contributed by atoms with van der Waals surface area (Å²) in [5, 5.41) is 7.60. The molecule has 0 saturated heterocycles. The van der Waals surface area contributed by atoms with E-state index in [1.54, 1.807) is 11.6 Å². The minimum Gasteiger partial charge on any atom is -0.364 e. The normalized spacial score (nSPS) is 12.8. The molecule has 1 unspecified atom stereocenters. The molecule has 1 amide bonds. The molecule has 0 spiro atoms. The smallest absolute Gasteiger partial charge is 0.271 e. The lowest BCUT2D eigenvalue weighted by Crippen LogP contribution is -2.14. The summed E-state index contributed by atoms with van der Waals surface area (Å²) in [4.78, 5) is 10.9. The van der Waals surface area contributed by atoms with Crippen LogP contribution in [-0.2, 0) is 0 Å². The molecule has 0 radical (unpaired) electrons. The first kappa shape index (κ1) is 9.70. The minimum atomic E-state index is -0.521. The number of amides is 1. The van der Waals surface area contributed by atoms with E-state index in [0.717, 1.165) is 12.1 Å². The van der Waals surface area contributed by atoms with Crippen LogP contribution in [0.15, 0.2) is 0 Å². The van der Waals surface area contributed by atoms with E-state index in [9.17, 15) is 4.79 Å². The first-order valence-electron chi connectivity index (χ1n) is 4.29. The maximum Gasteiger partial charge on any atom is 0.271 e. The lowest BCUT2D eigenvalue weighted by Gasteiger charge is -2.09. The lowest BCUT2D eigenvalue weighted by atomic mass is 10.2. The van der Waals surface area contributed by atoms with Crippen LogP contribution in [-0.4, -0.2) is 20.9 Å². The third-order valence-electron chi connectivity index (χ3n) is 2.17. The van der Waals surface area contributed by atoms with Gasteiger partial charge in [-0.25, -0.2) is 4.68 Å². The summed E-state index contributed by atoms with van der Waals surface area (Å²) in [6.07, 6.45) is 0.947. The summed E-state index contributed by atoms with van der Waals surface area (Å²) in [6.45, 7) is 5.87. The number of aromatic nitrogens is 3. The Morgan fingerprint density at radius 1 is 1.69 bits per heavy atom. The summed E-state index contributed by atoms with van der Waals surface area (Å²) >= 11 is 0. The van der Waals surface area contributed by atoms with E-state index in [4.69, 9.17) is 5.73 Å². The van der Waals surface area contributed by atoms with Crippen molar-refractivity contribution in [2.45, 2.75) is 33.2 Å². The van der Waals surface area contributed by atoms with Crippen LogP contribution in [0.5, 0.6) is 0 Å². The second kappa shape index (κ2) is 3.55. The van der Waals surface area contributed by atoms with Gasteiger partial charge in [-0.3, -0.25) is 4.79 Å². The molecule has 0 aliphatic carbocycles. The van der Waals surface area contributed by atoms with E-state index in [2.05, 4.69) is 17.2 Å².